The maximum atomic E-state index is 13.2. The van der Waals surface area contributed by atoms with Crippen LogP contribution in [-0.4, -0.2) is 88.4 Å². The van der Waals surface area contributed by atoms with Crippen molar-refractivity contribution in [3.63, 3.8) is 0 Å². The standard InChI is InChI=1S/C23H32N6O2/c1-26(2)18-7-5-17(6-8-18)22(30)28-11-9-19-20(10-12-28)24-23(25-21(19)27(3)4)29-13-15-31-16-14-29/h5-8H,9-16H2,1-4H3. The number of ether oxygens (including phenoxy) is 1. The zero-order valence-corrected chi connectivity index (χ0v) is 19.0. The maximum Gasteiger partial charge on any atom is 0.253 e. The lowest BCUT2D eigenvalue weighted by Crippen LogP contribution is -2.38. The van der Waals surface area contributed by atoms with Gasteiger partial charge in [-0.05, 0) is 30.7 Å². The van der Waals surface area contributed by atoms with Crippen molar-refractivity contribution in [3.05, 3.63) is 41.1 Å². The second kappa shape index (κ2) is 9.09. The molecule has 0 saturated carbocycles. The van der Waals surface area contributed by atoms with E-state index in [1.807, 2.05) is 62.3 Å². The zero-order valence-electron chi connectivity index (χ0n) is 19.0. The minimum atomic E-state index is 0.0749. The molecular weight excluding hydrogens is 392 g/mol. The number of hydrogen-bond donors (Lipinski definition) is 0. The molecule has 0 unspecified atom stereocenters. The van der Waals surface area contributed by atoms with Gasteiger partial charge in [0.1, 0.15) is 5.82 Å². The number of amides is 1. The second-order valence-electron chi connectivity index (χ2n) is 8.50. The van der Waals surface area contributed by atoms with E-state index in [0.29, 0.717) is 26.3 Å². The first-order valence-electron chi connectivity index (χ1n) is 10.9. The van der Waals surface area contributed by atoms with Gasteiger partial charge in [-0.15, -0.1) is 0 Å². The lowest BCUT2D eigenvalue weighted by Gasteiger charge is -2.28. The number of nitrogens with zero attached hydrogens (tertiary/aromatic N) is 6. The van der Waals surface area contributed by atoms with Gasteiger partial charge in [-0.1, -0.05) is 0 Å². The molecule has 0 atom stereocenters. The van der Waals surface area contributed by atoms with Gasteiger partial charge in [-0.3, -0.25) is 4.79 Å². The number of benzene rings is 1. The summed E-state index contributed by atoms with van der Waals surface area (Å²) in [5.74, 6) is 1.80. The number of aromatic nitrogens is 2. The van der Waals surface area contributed by atoms with Gasteiger partial charge in [-0.25, -0.2) is 4.98 Å². The van der Waals surface area contributed by atoms with Gasteiger partial charge in [0.15, 0.2) is 0 Å². The fourth-order valence-electron chi connectivity index (χ4n) is 4.13. The largest absolute Gasteiger partial charge is 0.378 e. The monoisotopic (exact) mass is 424 g/mol. The Hall–Kier alpha value is -2.87. The zero-order chi connectivity index (χ0) is 22.0. The van der Waals surface area contributed by atoms with Crippen molar-refractivity contribution in [2.75, 3.05) is 82.3 Å². The highest BCUT2D eigenvalue weighted by atomic mass is 16.5. The number of anilines is 3. The van der Waals surface area contributed by atoms with Gasteiger partial charge in [0.25, 0.3) is 5.91 Å². The number of fused-ring (bicyclic) bond motifs is 1. The van der Waals surface area contributed by atoms with Crippen LogP contribution >= 0.6 is 0 Å². The Kier molecular flexibility index (Phi) is 6.27. The van der Waals surface area contributed by atoms with E-state index in [1.54, 1.807) is 0 Å². The molecule has 1 aromatic heterocycles. The summed E-state index contributed by atoms with van der Waals surface area (Å²) < 4.78 is 5.48. The van der Waals surface area contributed by atoms with Crippen LogP contribution < -0.4 is 14.7 Å². The molecule has 1 fully saturated rings. The van der Waals surface area contributed by atoms with Gasteiger partial charge in [0.2, 0.25) is 5.95 Å². The van der Waals surface area contributed by atoms with Crippen LogP contribution in [0.2, 0.25) is 0 Å². The Morgan fingerprint density at radius 2 is 1.58 bits per heavy atom. The van der Waals surface area contributed by atoms with Crippen molar-refractivity contribution < 1.29 is 9.53 Å². The number of hydrogen-bond acceptors (Lipinski definition) is 7. The van der Waals surface area contributed by atoms with Crippen LogP contribution in [-0.2, 0) is 17.6 Å². The predicted molar refractivity (Wildman–Crippen MR) is 123 cm³/mol. The molecule has 1 aromatic carbocycles. The van der Waals surface area contributed by atoms with Crippen LogP contribution in [0.5, 0.6) is 0 Å². The summed E-state index contributed by atoms with van der Waals surface area (Å²) in [4.78, 5) is 31.2. The van der Waals surface area contributed by atoms with Gasteiger partial charge in [0.05, 0.1) is 18.9 Å². The van der Waals surface area contributed by atoms with Crippen molar-refractivity contribution in [3.8, 4) is 0 Å². The van der Waals surface area contributed by atoms with Crippen LogP contribution in [0.1, 0.15) is 21.6 Å². The molecule has 0 spiro atoms. The smallest absolute Gasteiger partial charge is 0.253 e. The Bertz CT molecular complexity index is 922. The van der Waals surface area contributed by atoms with Crippen LogP contribution in [0.15, 0.2) is 24.3 Å². The van der Waals surface area contributed by atoms with E-state index in [2.05, 4.69) is 9.80 Å². The van der Waals surface area contributed by atoms with E-state index in [-0.39, 0.29) is 5.91 Å². The summed E-state index contributed by atoms with van der Waals surface area (Å²) in [5.41, 5.74) is 4.02. The molecule has 166 valence electrons. The van der Waals surface area contributed by atoms with E-state index in [1.165, 1.54) is 0 Å². The third kappa shape index (κ3) is 4.58. The molecule has 8 nitrogen and oxygen atoms in total. The lowest BCUT2D eigenvalue weighted by molar-refractivity contribution is 0.0763. The van der Waals surface area contributed by atoms with Crippen LogP contribution in [0.25, 0.3) is 0 Å². The third-order valence-corrected chi connectivity index (χ3v) is 5.94. The number of rotatable bonds is 4. The highest BCUT2D eigenvalue weighted by Gasteiger charge is 2.26. The van der Waals surface area contributed by atoms with Crippen molar-refractivity contribution >= 4 is 23.4 Å². The van der Waals surface area contributed by atoms with E-state index in [9.17, 15) is 4.79 Å². The number of carbonyl (C=O) groups is 1. The molecule has 0 bridgehead atoms. The molecule has 0 radical (unpaired) electrons. The van der Waals surface area contributed by atoms with Gasteiger partial charge >= 0.3 is 0 Å². The average Bonchev–Trinajstić information content (AvgIpc) is 3.01. The van der Waals surface area contributed by atoms with Crippen molar-refractivity contribution in [1.82, 2.24) is 14.9 Å². The summed E-state index contributed by atoms with van der Waals surface area (Å²) in [7, 11) is 8.03. The van der Waals surface area contributed by atoms with E-state index in [4.69, 9.17) is 14.7 Å². The molecule has 4 rings (SSSR count). The van der Waals surface area contributed by atoms with Gasteiger partial charge < -0.3 is 24.3 Å². The summed E-state index contributed by atoms with van der Waals surface area (Å²) in [6, 6.07) is 7.81. The fourth-order valence-corrected chi connectivity index (χ4v) is 4.13. The third-order valence-electron chi connectivity index (χ3n) is 5.94. The molecule has 1 amide bonds. The Balaban J connectivity index is 1.55. The second-order valence-corrected chi connectivity index (χ2v) is 8.50. The summed E-state index contributed by atoms with van der Waals surface area (Å²) in [5, 5.41) is 0. The Morgan fingerprint density at radius 3 is 2.23 bits per heavy atom. The highest BCUT2D eigenvalue weighted by Crippen LogP contribution is 2.27. The minimum absolute atomic E-state index is 0.0749. The first kappa shape index (κ1) is 21.4. The van der Waals surface area contributed by atoms with Crippen molar-refractivity contribution in [2.45, 2.75) is 12.8 Å². The first-order valence-corrected chi connectivity index (χ1v) is 10.9. The van der Waals surface area contributed by atoms with Crippen molar-refractivity contribution in [2.24, 2.45) is 0 Å². The minimum Gasteiger partial charge on any atom is -0.378 e. The quantitative estimate of drug-likeness (QED) is 0.740. The van der Waals surface area contributed by atoms with Gasteiger partial charge in [-0.2, -0.15) is 4.98 Å². The predicted octanol–water partition coefficient (Wildman–Crippen LogP) is 1.69. The molecule has 1 saturated heterocycles. The summed E-state index contributed by atoms with van der Waals surface area (Å²) in [6.07, 6.45) is 1.49. The summed E-state index contributed by atoms with van der Waals surface area (Å²) >= 11 is 0. The van der Waals surface area contributed by atoms with Crippen LogP contribution in [0, 0.1) is 0 Å². The highest BCUT2D eigenvalue weighted by molar-refractivity contribution is 5.94. The molecular formula is C23H32N6O2. The lowest BCUT2D eigenvalue weighted by atomic mass is 10.1. The van der Waals surface area contributed by atoms with E-state index < -0.39 is 0 Å². The molecule has 0 N–H and O–H groups in total. The molecule has 2 aliphatic rings. The topological polar surface area (TPSA) is 65.0 Å². The molecule has 31 heavy (non-hydrogen) atoms. The first-order chi connectivity index (χ1) is 14.9. The molecule has 2 aromatic rings. The average molecular weight is 425 g/mol. The van der Waals surface area contributed by atoms with Crippen LogP contribution in [0.3, 0.4) is 0 Å². The number of carbonyl (C=O) groups excluding carboxylic acids is 1. The maximum absolute atomic E-state index is 13.2. The Morgan fingerprint density at radius 1 is 0.903 bits per heavy atom. The molecule has 3 heterocycles. The molecule has 2 aliphatic heterocycles. The van der Waals surface area contributed by atoms with Crippen molar-refractivity contribution in [1.29, 1.82) is 0 Å². The molecule has 8 heteroatoms. The molecule has 0 aliphatic carbocycles. The van der Waals surface area contributed by atoms with E-state index >= 15 is 0 Å². The Labute approximate surface area is 184 Å². The van der Waals surface area contributed by atoms with Gasteiger partial charge in [0, 0.05) is 77.6 Å². The van der Waals surface area contributed by atoms with Crippen LogP contribution in [0.4, 0.5) is 17.5 Å². The summed E-state index contributed by atoms with van der Waals surface area (Å²) in [6.45, 7) is 4.34. The fraction of sp³-hybridized carbons (Fsp3) is 0.522. The van der Waals surface area contributed by atoms with E-state index in [0.717, 1.165) is 60.2 Å². The number of morpholine rings is 1. The SMILES string of the molecule is CN(C)c1ccc(C(=O)N2CCc3nc(N4CCOCC4)nc(N(C)C)c3CC2)cc1. The normalized spacial score (nSPS) is 16.5.